The van der Waals surface area contributed by atoms with E-state index in [-0.39, 0.29) is 5.91 Å². The molecule has 9 heteroatoms. The molecule has 8 nitrogen and oxygen atoms in total. The number of hydrogen-bond donors (Lipinski definition) is 3. The number of anilines is 1. The number of nitrogens with one attached hydrogen (secondary N) is 3. The third-order valence-electron chi connectivity index (χ3n) is 6.09. The second kappa shape index (κ2) is 8.29. The molecular formula is C24H22ClN5O3. The van der Waals surface area contributed by atoms with Crippen LogP contribution < -0.4 is 15.5 Å². The molecule has 2 unspecified atom stereocenters. The largest absolute Gasteiger partial charge is 0.366 e. The lowest BCUT2D eigenvalue weighted by Gasteiger charge is -2.37. The van der Waals surface area contributed by atoms with Gasteiger partial charge in [0.1, 0.15) is 6.04 Å². The van der Waals surface area contributed by atoms with Crippen LogP contribution >= 0.6 is 11.6 Å². The Morgan fingerprint density at radius 3 is 2.67 bits per heavy atom. The third-order valence-corrected chi connectivity index (χ3v) is 6.34. The number of fused-ring (bicyclic) bond motifs is 2. The fourth-order valence-electron chi connectivity index (χ4n) is 4.47. The average molecular weight is 464 g/mol. The minimum atomic E-state index is -0.716. The van der Waals surface area contributed by atoms with Gasteiger partial charge in [-0.15, -0.1) is 0 Å². The highest BCUT2D eigenvalue weighted by atomic mass is 35.5. The van der Waals surface area contributed by atoms with E-state index >= 15 is 0 Å². The Bertz CT molecular complexity index is 1280. The molecule has 0 saturated carbocycles. The molecule has 1 fully saturated rings. The molecule has 2 aliphatic heterocycles. The van der Waals surface area contributed by atoms with Crippen LogP contribution in [0.2, 0.25) is 5.02 Å². The van der Waals surface area contributed by atoms with Crippen molar-refractivity contribution >= 4 is 46.0 Å². The van der Waals surface area contributed by atoms with E-state index in [9.17, 15) is 14.4 Å². The van der Waals surface area contributed by atoms with Crippen molar-refractivity contribution in [1.82, 2.24) is 20.5 Å². The summed E-state index contributed by atoms with van der Waals surface area (Å²) in [6, 6.07) is 12.5. The summed E-state index contributed by atoms with van der Waals surface area (Å²) in [4.78, 5) is 44.9. The molecule has 5 rings (SSSR count). The first kappa shape index (κ1) is 21.1. The summed E-state index contributed by atoms with van der Waals surface area (Å²) in [6.07, 6.45) is 4.23. The number of carbonyl (C=O) groups is 3. The summed E-state index contributed by atoms with van der Waals surface area (Å²) < 4.78 is 0. The van der Waals surface area contributed by atoms with E-state index in [1.54, 1.807) is 42.4 Å². The van der Waals surface area contributed by atoms with Crippen LogP contribution in [-0.2, 0) is 16.0 Å². The number of H-pyrrole nitrogens is 1. The van der Waals surface area contributed by atoms with Gasteiger partial charge in [0, 0.05) is 41.9 Å². The van der Waals surface area contributed by atoms with Crippen molar-refractivity contribution in [3.8, 4) is 0 Å². The Labute approximate surface area is 195 Å². The zero-order chi connectivity index (χ0) is 23.1. The van der Waals surface area contributed by atoms with Crippen LogP contribution in [0.25, 0.3) is 10.9 Å². The molecule has 1 saturated heterocycles. The molecule has 3 heterocycles. The Hall–Kier alpha value is -3.78. The van der Waals surface area contributed by atoms with Gasteiger partial charge in [0.15, 0.2) is 0 Å². The molecule has 0 aliphatic carbocycles. The van der Waals surface area contributed by atoms with Gasteiger partial charge in [-0.05, 0) is 42.3 Å². The number of amides is 4. The number of imide groups is 1. The second-order valence-electron chi connectivity index (χ2n) is 8.14. The number of aromatic nitrogens is 1. The number of rotatable bonds is 5. The Balaban J connectivity index is 1.27. The second-order valence-corrected chi connectivity index (χ2v) is 8.57. The van der Waals surface area contributed by atoms with Gasteiger partial charge in [-0.25, -0.2) is 9.69 Å². The number of likely N-dealkylation sites (N-methyl/N-ethyl adjacent to an activating group) is 1. The van der Waals surface area contributed by atoms with Crippen LogP contribution in [0.5, 0.6) is 0 Å². The molecule has 3 N–H and O–H groups in total. The Kier molecular flexibility index (Phi) is 5.30. The lowest BCUT2D eigenvalue weighted by atomic mass is 9.99. The Morgan fingerprint density at radius 2 is 1.88 bits per heavy atom. The van der Waals surface area contributed by atoms with Crippen LogP contribution in [-0.4, -0.2) is 53.4 Å². The quantitative estimate of drug-likeness (QED) is 0.542. The van der Waals surface area contributed by atoms with Crippen molar-refractivity contribution in [3.63, 3.8) is 0 Å². The van der Waals surface area contributed by atoms with E-state index in [0.29, 0.717) is 29.2 Å². The molecule has 0 radical (unpaired) electrons. The third kappa shape index (κ3) is 3.72. The van der Waals surface area contributed by atoms with Gasteiger partial charge in [0.2, 0.25) is 0 Å². The SMILES string of the molecule is CN1C=C(C(=O)NCCc2c[nH]c3ccccc23)C2NC(=O)N(c3ccc(Cl)cc3)C(=O)C21. The monoisotopic (exact) mass is 463 g/mol. The number of aromatic amines is 1. The molecule has 0 bridgehead atoms. The first-order valence-electron chi connectivity index (χ1n) is 10.6. The van der Waals surface area contributed by atoms with Gasteiger partial charge in [-0.2, -0.15) is 0 Å². The Morgan fingerprint density at radius 1 is 1.12 bits per heavy atom. The van der Waals surface area contributed by atoms with Crippen molar-refractivity contribution in [2.24, 2.45) is 0 Å². The first-order chi connectivity index (χ1) is 15.9. The highest BCUT2D eigenvalue weighted by Gasteiger charge is 2.49. The van der Waals surface area contributed by atoms with E-state index in [0.717, 1.165) is 21.4 Å². The van der Waals surface area contributed by atoms with Crippen molar-refractivity contribution in [2.75, 3.05) is 18.5 Å². The summed E-state index contributed by atoms with van der Waals surface area (Å²) >= 11 is 5.93. The number of para-hydroxylation sites is 1. The van der Waals surface area contributed by atoms with E-state index in [1.165, 1.54) is 0 Å². The van der Waals surface area contributed by atoms with Gasteiger partial charge in [-0.1, -0.05) is 29.8 Å². The fraction of sp³-hybridized carbons (Fsp3) is 0.208. The molecule has 0 spiro atoms. The smallest absolute Gasteiger partial charge is 0.329 e. The summed E-state index contributed by atoms with van der Waals surface area (Å²) in [7, 11) is 1.72. The number of halogens is 1. The standard InChI is InChI=1S/C24H22ClN5O3/c1-29-13-18(22(31)26-11-10-14-12-27-19-5-3-2-4-17(14)19)20-21(29)23(32)30(24(33)28-20)16-8-6-15(25)7-9-16/h2-9,12-13,20-21,27H,10-11H2,1H3,(H,26,31)(H,28,33). The zero-order valence-electron chi connectivity index (χ0n) is 17.8. The van der Waals surface area contributed by atoms with Crippen LogP contribution in [0.4, 0.5) is 10.5 Å². The lowest BCUT2D eigenvalue weighted by molar-refractivity contribution is -0.122. The predicted molar refractivity (Wildman–Crippen MR) is 126 cm³/mol. The molecule has 4 amide bonds. The van der Waals surface area contributed by atoms with Gasteiger partial charge in [0.05, 0.1) is 17.3 Å². The van der Waals surface area contributed by atoms with Crippen LogP contribution in [0.3, 0.4) is 0 Å². The van der Waals surface area contributed by atoms with E-state index in [4.69, 9.17) is 11.6 Å². The number of hydrogen-bond acceptors (Lipinski definition) is 4. The van der Waals surface area contributed by atoms with Crippen LogP contribution in [0.15, 0.2) is 66.5 Å². The molecule has 2 aliphatic rings. The molecule has 33 heavy (non-hydrogen) atoms. The summed E-state index contributed by atoms with van der Waals surface area (Å²) in [6.45, 7) is 0.428. The average Bonchev–Trinajstić information content (AvgIpc) is 3.36. The van der Waals surface area contributed by atoms with E-state index < -0.39 is 24.0 Å². The topological polar surface area (TPSA) is 97.5 Å². The highest BCUT2D eigenvalue weighted by Crippen LogP contribution is 2.30. The number of nitrogens with zero attached hydrogens (tertiary/aromatic N) is 2. The maximum atomic E-state index is 13.2. The number of carbonyl (C=O) groups excluding carboxylic acids is 3. The zero-order valence-corrected chi connectivity index (χ0v) is 18.6. The molecular weight excluding hydrogens is 442 g/mol. The molecule has 168 valence electrons. The van der Waals surface area contributed by atoms with Crippen molar-refractivity contribution in [1.29, 1.82) is 0 Å². The molecule has 2 atom stereocenters. The summed E-state index contributed by atoms with van der Waals surface area (Å²) in [5.74, 6) is -0.700. The summed E-state index contributed by atoms with van der Waals surface area (Å²) in [5, 5.41) is 7.37. The van der Waals surface area contributed by atoms with E-state index in [1.807, 2.05) is 30.5 Å². The van der Waals surface area contributed by atoms with Crippen LogP contribution in [0.1, 0.15) is 5.56 Å². The van der Waals surface area contributed by atoms with Gasteiger partial charge < -0.3 is 20.5 Å². The van der Waals surface area contributed by atoms with Gasteiger partial charge >= 0.3 is 6.03 Å². The van der Waals surface area contributed by atoms with Crippen molar-refractivity contribution in [3.05, 3.63) is 77.1 Å². The number of urea groups is 1. The van der Waals surface area contributed by atoms with Crippen molar-refractivity contribution < 1.29 is 14.4 Å². The fourth-order valence-corrected chi connectivity index (χ4v) is 4.60. The normalized spacial score (nSPS) is 20.0. The maximum Gasteiger partial charge on any atom is 0.329 e. The minimum Gasteiger partial charge on any atom is -0.366 e. The first-order valence-corrected chi connectivity index (χ1v) is 11.0. The lowest BCUT2D eigenvalue weighted by Crippen LogP contribution is -2.65. The van der Waals surface area contributed by atoms with Crippen molar-refractivity contribution in [2.45, 2.75) is 18.5 Å². The highest BCUT2D eigenvalue weighted by molar-refractivity contribution is 6.30. The molecule has 3 aromatic rings. The van der Waals surface area contributed by atoms with Crippen LogP contribution in [0, 0.1) is 0 Å². The van der Waals surface area contributed by atoms with Gasteiger partial charge in [-0.3, -0.25) is 9.59 Å². The predicted octanol–water partition coefficient (Wildman–Crippen LogP) is 2.80. The number of benzene rings is 2. The molecule has 2 aromatic carbocycles. The summed E-state index contributed by atoms with van der Waals surface area (Å²) in [5.41, 5.74) is 2.95. The molecule has 1 aromatic heterocycles. The maximum absolute atomic E-state index is 13.2. The van der Waals surface area contributed by atoms with Gasteiger partial charge in [0.25, 0.3) is 11.8 Å². The minimum absolute atomic E-state index is 0.303. The van der Waals surface area contributed by atoms with E-state index in [2.05, 4.69) is 15.6 Å².